The Hall–Kier alpha value is -2.82. The minimum absolute atomic E-state index is 0.141. The summed E-state index contributed by atoms with van der Waals surface area (Å²) in [6, 6.07) is 17.3. The summed E-state index contributed by atoms with van der Waals surface area (Å²) in [5.74, 6) is -0.605. The number of benzene rings is 2. The molecule has 136 valence electrons. The number of ether oxygens (including phenoxy) is 1. The Kier molecular flexibility index (Phi) is 5.56. The van der Waals surface area contributed by atoms with Crippen LogP contribution in [0, 0.1) is 6.92 Å². The summed E-state index contributed by atoms with van der Waals surface area (Å²) in [6.45, 7) is 6.39. The predicted molar refractivity (Wildman–Crippen MR) is 101 cm³/mol. The average molecular weight is 352 g/mol. The van der Waals surface area contributed by atoms with Gasteiger partial charge in [0.25, 0.3) is 5.91 Å². The average Bonchev–Trinajstić information content (AvgIpc) is 2.68. The first-order chi connectivity index (χ1) is 12.5. The second-order valence-corrected chi connectivity index (χ2v) is 6.56. The number of para-hydroxylation sites is 1. The molecule has 0 spiro atoms. The Morgan fingerprint density at radius 1 is 0.923 bits per heavy atom. The van der Waals surface area contributed by atoms with Crippen LogP contribution in [0.4, 0.5) is 5.69 Å². The van der Waals surface area contributed by atoms with Gasteiger partial charge in [-0.25, -0.2) is 4.79 Å². The summed E-state index contributed by atoms with van der Waals surface area (Å²) >= 11 is 0. The Labute approximate surface area is 154 Å². The van der Waals surface area contributed by atoms with Crippen molar-refractivity contribution in [3.8, 4) is 0 Å². The number of hydrogen-bond donors (Lipinski definition) is 0. The molecule has 0 aliphatic carbocycles. The van der Waals surface area contributed by atoms with E-state index in [0.717, 1.165) is 18.7 Å². The molecule has 3 rings (SSSR count). The zero-order chi connectivity index (χ0) is 18.5. The van der Waals surface area contributed by atoms with Gasteiger partial charge in [0.1, 0.15) is 0 Å². The molecule has 26 heavy (non-hydrogen) atoms. The summed E-state index contributed by atoms with van der Waals surface area (Å²) in [5, 5.41) is 0. The lowest BCUT2D eigenvalue weighted by Crippen LogP contribution is -2.51. The molecule has 0 bridgehead atoms. The number of carbonyl (C=O) groups is 2. The number of aryl methyl sites for hydroxylation is 1. The lowest BCUT2D eigenvalue weighted by atomic mass is 10.1. The first-order valence-corrected chi connectivity index (χ1v) is 8.91. The van der Waals surface area contributed by atoms with Crippen LogP contribution in [0.25, 0.3) is 0 Å². The van der Waals surface area contributed by atoms with Gasteiger partial charge in [-0.05, 0) is 38.1 Å². The normalized spacial score (nSPS) is 15.5. The van der Waals surface area contributed by atoms with Gasteiger partial charge >= 0.3 is 5.97 Å². The SMILES string of the molecule is Cc1ccc(C(=O)OC(C)C(=O)N2CCN(c3ccccc3)CC2)cc1. The van der Waals surface area contributed by atoms with Crippen LogP contribution in [-0.4, -0.2) is 49.1 Å². The second kappa shape index (κ2) is 8.04. The minimum Gasteiger partial charge on any atom is -0.449 e. The molecule has 1 atom stereocenters. The van der Waals surface area contributed by atoms with Gasteiger partial charge in [0, 0.05) is 31.9 Å². The third-order valence-electron chi connectivity index (χ3n) is 4.63. The molecule has 5 heteroatoms. The van der Waals surface area contributed by atoms with Crippen molar-refractivity contribution >= 4 is 17.6 Å². The van der Waals surface area contributed by atoms with Crippen molar-refractivity contribution in [3.63, 3.8) is 0 Å². The van der Waals surface area contributed by atoms with Crippen molar-refractivity contribution in [3.05, 3.63) is 65.7 Å². The molecule has 0 N–H and O–H groups in total. The van der Waals surface area contributed by atoms with Crippen LogP contribution < -0.4 is 4.90 Å². The largest absolute Gasteiger partial charge is 0.449 e. The van der Waals surface area contributed by atoms with E-state index in [2.05, 4.69) is 17.0 Å². The summed E-state index contributed by atoms with van der Waals surface area (Å²) in [6.07, 6.45) is -0.785. The summed E-state index contributed by atoms with van der Waals surface area (Å²) in [7, 11) is 0. The fourth-order valence-corrected chi connectivity index (χ4v) is 3.05. The zero-order valence-corrected chi connectivity index (χ0v) is 15.2. The molecule has 2 aromatic carbocycles. The quantitative estimate of drug-likeness (QED) is 0.794. The maximum atomic E-state index is 12.6. The van der Waals surface area contributed by atoms with Gasteiger partial charge in [0.15, 0.2) is 6.10 Å². The van der Waals surface area contributed by atoms with Crippen molar-refractivity contribution in [2.75, 3.05) is 31.1 Å². The van der Waals surface area contributed by atoms with Gasteiger partial charge in [-0.15, -0.1) is 0 Å². The predicted octanol–water partition coefficient (Wildman–Crippen LogP) is 2.89. The molecule has 5 nitrogen and oxygen atoms in total. The maximum absolute atomic E-state index is 12.6. The second-order valence-electron chi connectivity index (χ2n) is 6.56. The highest BCUT2D eigenvalue weighted by Gasteiger charge is 2.27. The Balaban J connectivity index is 1.53. The summed E-state index contributed by atoms with van der Waals surface area (Å²) in [4.78, 5) is 28.8. The Bertz CT molecular complexity index is 751. The molecule has 1 saturated heterocycles. The molecule has 1 heterocycles. The number of anilines is 1. The smallest absolute Gasteiger partial charge is 0.338 e. The fourth-order valence-electron chi connectivity index (χ4n) is 3.05. The highest BCUT2D eigenvalue weighted by atomic mass is 16.5. The molecule has 2 aromatic rings. The van der Waals surface area contributed by atoms with Crippen LogP contribution in [0.2, 0.25) is 0 Å². The van der Waals surface area contributed by atoms with Gasteiger partial charge in [0.2, 0.25) is 0 Å². The molecule has 0 saturated carbocycles. The maximum Gasteiger partial charge on any atom is 0.338 e. The fraction of sp³-hybridized carbons (Fsp3) is 0.333. The van der Waals surface area contributed by atoms with E-state index in [0.29, 0.717) is 18.7 Å². The molecule has 1 unspecified atom stereocenters. The lowest BCUT2D eigenvalue weighted by molar-refractivity contribution is -0.140. The summed E-state index contributed by atoms with van der Waals surface area (Å²) < 4.78 is 5.36. The van der Waals surface area contributed by atoms with Gasteiger partial charge in [-0.3, -0.25) is 4.79 Å². The molecular weight excluding hydrogens is 328 g/mol. The monoisotopic (exact) mass is 352 g/mol. The minimum atomic E-state index is -0.785. The van der Waals surface area contributed by atoms with Crippen LogP contribution in [0.5, 0.6) is 0 Å². The topological polar surface area (TPSA) is 49.9 Å². The van der Waals surface area contributed by atoms with E-state index >= 15 is 0 Å². The van der Waals surface area contributed by atoms with Crippen LogP contribution in [0.1, 0.15) is 22.8 Å². The van der Waals surface area contributed by atoms with Gasteiger partial charge in [-0.2, -0.15) is 0 Å². The summed E-state index contributed by atoms with van der Waals surface area (Å²) in [5.41, 5.74) is 2.70. The molecule has 0 aromatic heterocycles. The molecule has 1 amide bonds. The zero-order valence-electron chi connectivity index (χ0n) is 15.2. The number of hydrogen-bond acceptors (Lipinski definition) is 4. The van der Waals surface area contributed by atoms with E-state index in [9.17, 15) is 9.59 Å². The molecule has 1 aliphatic rings. The number of esters is 1. The van der Waals surface area contributed by atoms with Crippen molar-refractivity contribution < 1.29 is 14.3 Å². The van der Waals surface area contributed by atoms with Crippen molar-refractivity contribution in [1.29, 1.82) is 0 Å². The van der Waals surface area contributed by atoms with Crippen LogP contribution in [0.3, 0.4) is 0 Å². The number of amides is 1. The van der Waals surface area contributed by atoms with E-state index in [1.165, 1.54) is 5.69 Å². The van der Waals surface area contributed by atoms with Gasteiger partial charge < -0.3 is 14.5 Å². The van der Waals surface area contributed by atoms with Gasteiger partial charge in [0.05, 0.1) is 5.56 Å². The Morgan fingerprint density at radius 3 is 2.15 bits per heavy atom. The van der Waals surface area contributed by atoms with Crippen LogP contribution in [0.15, 0.2) is 54.6 Å². The molecule has 1 aliphatic heterocycles. The van der Waals surface area contributed by atoms with E-state index in [1.54, 1.807) is 24.0 Å². The van der Waals surface area contributed by atoms with E-state index < -0.39 is 12.1 Å². The van der Waals surface area contributed by atoms with Crippen molar-refractivity contribution in [2.24, 2.45) is 0 Å². The third-order valence-corrected chi connectivity index (χ3v) is 4.63. The van der Waals surface area contributed by atoms with Gasteiger partial charge in [-0.1, -0.05) is 35.9 Å². The number of nitrogens with zero attached hydrogens (tertiary/aromatic N) is 2. The van der Waals surface area contributed by atoms with E-state index in [-0.39, 0.29) is 5.91 Å². The van der Waals surface area contributed by atoms with E-state index in [1.807, 2.05) is 37.3 Å². The molecule has 1 fully saturated rings. The lowest BCUT2D eigenvalue weighted by Gasteiger charge is -2.37. The van der Waals surface area contributed by atoms with Crippen LogP contribution in [-0.2, 0) is 9.53 Å². The Morgan fingerprint density at radius 2 is 1.54 bits per heavy atom. The highest BCUT2D eigenvalue weighted by Crippen LogP contribution is 2.16. The van der Waals surface area contributed by atoms with Crippen LogP contribution >= 0.6 is 0 Å². The molecular formula is C21H24N2O3. The van der Waals surface area contributed by atoms with Crippen molar-refractivity contribution in [2.45, 2.75) is 20.0 Å². The number of piperazine rings is 1. The third kappa shape index (κ3) is 4.23. The standard InChI is InChI=1S/C21H24N2O3/c1-16-8-10-18(11-9-16)21(25)26-17(2)20(24)23-14-12-22(13-15-23)19-6-4-3-5-7-19/h3-11,17H,12-15H2,1-2H3. The molecule has 0 radical (unpaired) electrons. The highest BCUT2D eigenvalue weighted by molar-refractivity contribution is 5.92. The first kappa shape index (κ1) is 18.0. The van der Waals surface area contributed by atoms with E-state index in [4.69, 9.17) is 4.74 Å². The number of carbonyl (C=O) groups excluding carboxylic acids is 2. The first-order valence-electron chi connectivity index (χ1n) is 8.91. The van der Waals surface area contributed by atoms with Crippen molar-refractivity contribution in [1.82, 2.24) is 4.90 Å². The number of rotatable bonds is 4.